The fourth-order valence-electron chi connectivity index (χ4n) is 18.7. The van der Waals surface area contributed by atoms with Gasteiger partial charge in [0.05, 0.1) is 6.61 Å². The number of nitrogens with zero attached hydrogens (tertiary/aromatic N) is 4. The number of hydrogen-bond acceptors (Lipinski definition) is 12. The molecule has 2 unspecified atom stereocenters. The van der Waals surface area contributed by atoms with Gasteiger partial charge in [0.15, 0.2) is 23.1 Å². The molecule has 0 aromatic heterocycles. The predicted molar refractivity (Wildman–Crippen MR) is 395 cm³/mol. The summed E-state index contributed by atoms with van der Waals surface area (Å²) in [5, 5.41) is 3.41. The summed E-state index contributed by atoms with van der Waals surface area (Å²) in [6, 6.07) is 33.6. The van der Waals surface area contributed by atoms with Crippen molar-refractivity contribution in [2.75, 3.05) is 63.9 Å². The quantitative estimate of drug-likeness (QED) is 0.115. The fraction of sp³-hybridized carbons (Fsp3) is 0.617. The van der Waals surface area contributed by atoms with Crippen molar-refractivity contribution < 1.29 is 47.8 Å². The Labute approximate surface area is 594 Å². The number of fused-ring (bicyclic) bond motifs is 10. The third-order valence-corrected chi connectivity index (χ3v) is 24.1. The minimum Gasteiger partial charge on any atom is -0.450 e. The molecular formula is C81H114IN5O10. The van der Waals surface area contributed by atoms with Crippen molar-refractivity contribution in [3.63, 3.8) is 0 Å². The number of ketones is 4. The van der Waals surface area contributed by atoms with Crippen LogP contribution in [0.3, 0.4) is 0 Å². The van der Waals surface area contributed by atoms with Crippen molar-refractivity contribution in [3.8, 4) is 0 Å². The van der Waals surface area contributed by atoms with E-state index in [9.17, 15) is 33.6 Å². The van der Waals surface area contributed by atoms with Crippen LogP contribution < -0.4 is 5.32 Å². The van der Waals surface area contributed by atoms with Gasteiger partial charge in [-0.25, -0.2) is 14.4 Å². The van der Waals surface area contributed by atoms with Crippen LogP contribution in [0.2, 0.25) is 0 Å². The van der Waals surface area contributed by atoms with Crippen LogP contribution in [0.1, 0.15) is 252 Å². The third kappa shape index (κ3) is 13.9. The molecule has 6 fully saturated rings. The molecule has 16 heteroatoms. The summed E-state index contributed by atoms with van der Waals surface area (Å²) >= 11 is 2.15. The molecule has 4 spiro atoms. The van der Waals surface area contributed by atoms with E-state index in [0.717, 1.165) is 131 Å². The molecule has 97 heavy (non-hydrogen) atoms. The van der Waals surface area contributed by atoms with Gasteiger partial charge in [-0.1, -0.05) is 176 Å². The Morgan fingerprint density at radius 1 is 0.474 bits per heavy atom. The summed E-state index contributed by atoms with van der Waals surface area (Å²) in [4.78, 5) is 97.9. The highest BCUT2D eigenvalue weighted by Gasteiger charge is 2.61. The maximum atomic E-state index is 13.2. The number of nitrogens with one attached hydrogen (secondary N) is 1. The lowest BCUT2D eigenvalue weighted by atomic mass is 9.60. The molecule has 4 aliphatic carbocycles. The lowest BCUT2D eigenvalue weighted by Crippen LogP contribution is -2.56. The lowest BCUT2D eigenvalue weighted by molar-refractivity contribution is 0.00841. The van der Waals surface area contributed by atoms with E-state index in [4.69, 9.17) is 14.2 Å². The zero-order valence-corrected chi connectivity index (χ0v) is 61.4. The van der Waals surface area contributed by atoms with Crippen LogP contribution >= 0.6 is 22.6 Å². The predicted octanol–water partition coefficient (Wildman–Crippen LogP) is 17.0. The van der Waals surface area contributed by atoms with Gasteiger partial charge in [0, 0.05) is 111 Å². The average Bonchev–Trinajstić information content (AvgIpc) is 1.57. The molecule has 1 N–H and O–H groups in total. The molecule has 0 radical (unpaired) electrons. The van der Waals surface area contributed by atoms with Crippen LogP contribution in [0, 0.1) is 16.2 Å². The van der Waals surface area contributed by atoms with Crippen molar-refractivity contribution in [1.82, 2.24) is 24.9 Å². The fourth-order valence-corrected chi connectivity index (χ4v) is 18.7. The van der Waals surface area contributed by atoms with Gasteiger partial charge in [-0.2, -0.15) is 0 Å². The van der Waals surface area contributed by atoms with E-state index in [-0.39, 0.29) is 77.2 Å². The van der Waals surface area contributed by atoms with E-state index < -0.39 is 16.6 Å². The van der Waals surface area contributed by atoms with Crippen molar-refractivity contribution in [2.45, 2.75) is 239 Å². The number of rotatable bonds is 2. The number of carbonyl (C=O) groups is 7. The Kier molecular flexibility index (Phi) is 23.2. The van der Waals surface area contributed by atoms with Crippen molar-refractivity contribution in [1.29, 1.82) is 0 Å². The van der Waals surface area contributed by atoms with Crippen LogP contribution in [0.15, 0.2) is 97.1 Å². The van der Waals surface area contributed by atoms with Gasteiger partial charge in [0.25, 0.3) is 0 Å². The Morgan fingerprint density at radius 3 is 1.20 bits per heavy atom. The first-order valence-electron chi connectivity index (χ1n) is 35.2. The molecule has 4 aromatic rings. The van der Waals surface area contributed by atoms with Gasteiger partial charge in [-0.15, -0.1) is 0 Å². The average molecular weight is 1440 g/mol. The summed E-state index contributed by atoms with van der Waals surface area (Å²) in [6.07, 6.45) is 11.7. The molecule has 530 valence electrons. The number of hydrogen-bond donors (Lipinski definition) is 1. The van der Waals surface area contributed by atoms with E-state index in [1.807, 2.05) is 119 Å². The van der Waals surface area contributed by atoms with Gasteiger partial charge in [0.1, 0.15) is 11.2 Å². The lowest BCUT2D eigenvalue weighted by Gasteiger charge is -2.50. The molecule has 4 aromatic carbocycles. The van der Waals surface area contributed by atoms with E-state index in [2.05, 4.69) is 111 Å². The van der Waals surface area contributed by atoms with Gasteiger partial charge in [0.2, 0.25) is 0 Å². The Bertz CT molecular complexity index is 3520. The molecule has 6 aliphatic heterocycles. The van der Waals surface area contributed by atoms with Gasteiger partial charge >= 0.3 is 18.3 Å². The van der Waals surface area contributed by atoms with Gasteiger partial charge < -0.3 is 39.1 Å². The summed E-state index contributed by atoms with van der Waals surface area (Å²) < 4.78 is 16.2. The number of piperidine rings is 5. The third-order valence-electron chi connectivity index (χ3n) is 24.1. The Balaban J connectivity index is 0.000000165. The van der Waals surface area contributed by atoms with E-state index >= 15 is 0 Å². The van der Waals surface area contributed by atoms with Crippen LogP contribution in [0.4, 0.5) is 14.4 Å². The molecule has 3 amide bonds. The van der Waals surface area contributed by atoms with Crippen molar-refractivity contribution >= 4 is 64.0 Å². The van der Waals surface area contributed by atoms with Crippen molar-refractivity contribution in [3.05, 3.63) is 142 Å². The molecular weight excluding hydrogens is 1330 g/mol. The highest BCUT2D eigenvalue weighted by Crippen LogP contribution is 2.60. The number of benzene rings is 4. The first-order chi connectivity index (χ1) is 44.9. The molecule has 6 saturated heterocycles. The molecule has 6 heterocycles. The Hall–Kier alpha value is -5.98. The number of likely N-dealkylation sites (tertiary alicyclic amines) is 3. The smallest absolute Gasteiger partial charge is 0.410 e. The summed E-state index contributed by atoms with van der Waals surface area (Å²) in [6.45, 7) is 32.9. The monoisotopic (exact) mass is 1440 g/mol. The second-order valence-electron chi connectivity index (χ2n) is 32.0. The van der Waals surface area contributed by atoms with E-state index in [0.29, 0.717) is 68.9 Å². The standard InChI is InChI=1S/C25H34N2O3.C20H27NO3.C18H23NO3.C15H19NO.CH3I.2CH4/c1-4-30-23(29)27-17-9-10-18(27)16-19(15-17)26-13-11-25(12-14-26)21-8-6-5-7-20(21)22(28)24(25,2)3;1-18(2,3)24-17(23)21-12-10-20(11-13-21)15-9-7-6-8-14(15)16(22)19(20,4)5;1-17(2,3)22-16(21)19-10-8-18(9-11-19)12-15(20)13-6-4-5-7-14(13)18;1-14(2)13(17)11-5-3-4-6-12(11)15(14)7-9-16-10-8-15;1-2;;/h5-8,17-19H,4,9-16H2,1-3H3;6-9H,10-13H2,1-5H3;4-7H,8-12H2,1-3H3;3-6,16H,7-10H2,1-2H3;1H3;2*1H4. The second kappa shape index (κ2) is 29.3. The largest absolute Gasteiger partial charge is 0.450 e. The van der Waals surface area contributed by atoms with Crippen LogP contribution in [0.25, 0.3) is 0 Å². The molecule has 15 nitrogen and oxygen atoms in total. The van der Waals surface area contributed by atoms with Crippen LogP contribution in [-0.4, -0.2) is 154 Å². The molecule has 14 rings (SSSR count). The van der Waals surface area contributed by atoms with Crippen molar-refractivity contribution in [2.24, 2.45) is 16.2 Å². The van der Waals surface area contributed by atoms with Crippen LogP contribution in [-0.2, 0) is 35.9 Å². The zero-order chi connectivity index (χ0) is 68.9. The van der Waals surface area contributed by atoms with Gasteiger partial charge in [-0.3, -0.25) is 19.2 Å². The minimum atomic E-state index is -0.485. The molecule has 10 aliphatic rings. The zero-order valence-electron chi connectivity index (χ0n) is 59.3. The molecule has 2 atom stereocenters. The number of halogens is 1. The SMILES string of the molecule is C.C.CC(C)(C)OC(=O)N1CCC2(CC1)CC(=O)c1ccccc12.CC(C)(C)OC(=O)N1CCC2(CC1)c1ccccc1C(=O)C2(C)C.CC1(C)C(=O)c2ccccc2C12CCNCC2.CCOC(=O)N1C2CCC1CC(N1CCC3(CC1)c1ccccc1C(=O)C3(C)C)C2.CI. The maximum absolute atomic E-state index is 13.2. The second-order valence-corrected chi connectivity index (χ2v) is 32.0. The summed E-state index contributed by atoms with van der Waals surface area (Å²) in [5.41, 5.74) is 6.30. The topological polar surface area (TPSA) is 172 Å². The first-order valence-corrected chi connectivity index (χ1v) is 37.3. The summed E-state index contributed by atoms with van der Waals surface area (Å²) in [5.74, 6) is 1.10. The van der Waals surface area contributed by atoms with E-state index in [1.165, 1.54) is 16.7 Å². The number of amides is 3. The number of alkyl halides is 1. The number of carbonyl (C=O) groups excluding carboxylic acids is 7. The first kappa shape index (κ1) is 76.8. The Morgan fingerprint density at radius 2 is 0.814 bits per heavy atom. The number of Topliss-reactive ketones (excluding diaryl/α,β-unsaturated/α-hetero) is 4. The maximum Gasteiger partial charge on any atom is 0.410 e. The summed E-state index contributed by atoms with van der Waals surface area (Å²) in [7, 11) is 0. The van der Waals surface area contributed by atoms with Gasteiger partial charge in [-0.05, 0) is 179 Å². The van der Waals surface area contributed by atoms with E-state index in [1.54, 1.807) is 9.80 Å². The highest BCUT2D eigenvalue weighted by molar-refractivity contribution is 14.1. The highest BCUT2D eigenvalue weighted by atomic mass is 127. The number of ether oxygens (including phenoxy) is 3. The molecule has 2 bridgehead atoms. The van der Waals surface area contributed by atoms with Crippen LogP contribution in [0.5, 0.6) is 0 Å². The minimum absolute atomic E-state index is 0. The molecule has 0 saturated carbocycles. The normalized spacial score (nSPS) is 24.2.